The predicted molar refractivity (Wildman–Crippen MR) is 154 cm³/mol. The predicted octanol–water partition coefficient (Wildman–Crippen LogP) is 4.46. The summed E-state index contributed by atoms with van der Waals surface area (Å²) in [6.07, 6.45) is -2.56. The van der Waals surface area contributed by atoms with E-state index in [2.05, 4.69) is 10.1 Å². The Balaban J connectivity index is 1.78. The van der Waals surface area contributed by atoms with Gasteiger partial charge in [0.05, 0.1) is 0 Å². The number of nitrogens with zero attached hydrogens (tertiary/aromatic N) is 2. The number of carbonyl (C=O) groups excluding carboxylic acids is 3. The van der Waals surface area contributed by atoms with Crippen molar-refractivity contribution in [2.45, 2.75) is 26.1 Å². The van der Waals surface area contributed by atoms with Gasteiger partial charge < -0.3 is 29.9 Å². The minimum absolute atomic E-state index is 0.0447. The maximum atomic E-state index is 13.8. The molecule has 4 rings (SSSR count). The zero-order valence-electron chi connectivity index (χ0n) is 22.8. The summed E-state index contributed by atoms with van der Waals surface area (Å²) < 4.78 is 16.3. The third-order valence-corrected chi connectivity index (χ3v) is 6.32. The molecule has 0 spiro atoms. The number of carboxylic acid groups (broad SMARTS) is 1. The van der Waals surface area contributed by atoms with Crippen LogP contribution in [0.5, 0.6) is 11.5 Å². The highest BCUT2D eigenvalue weighted by molar-refractivity contribution is 7.13. The van der Waals surface area contributed by atoms with Gasteiger partial charge in [-0.3, -0.25) is 9.59 Å². The summed E-state index contributed by atoms with van der Waals surface area (Å²) in [5, 5.41) is 15.0. The number of benzene rings is 3. The summed E-state index contributed by atoms with van der Waals surface area (Å²) in [6, 6.07) is 21.8. The smallest absolute Gasteiger partial charge is 0.360 e. The van der Waals surface area contributed by atoms with E-state index in [0.717, 1.165) is 25.2 Å². The van der Waals surface area contributed by atoms with Crippen LogP contribution in [0.1, 0.15) is 48.4 Å². The van der Waals surface area contributed by atoms with Crippen LogP contribution in [-0.2, 0) is 28.8 Å². The van der Waals surface area contributed by atoms with Crippen molar-refractivity contribution in [3.63, 3.8) is 0 Å². The van der Waals surface area contributed by atoms with Crippen molar-refractivity contribution in [2.75, 3.05) is 5.73 Å². The van der Waals surface area contributed by atoms with E-state index in [9.17, 15) is 24.3 Å². The molecule has 0 aliphatic rings. The average Bonchev–Trinajstić information content (AvgIpc) is 3.40. The molecule has 1 heterocycles. The molecule has 4 aromatic rings. The van der Waals surface area contributed by atoms with Gasteiger partial charge in [-0.2, -0.15) is 0 Å². The number of aliphatic carboxylic acids is 1. The van der Waals surface area contributed by atoms with Gasteiger partial charge in [0.25, 0.3) is 0 Å². The number of esters is 3. The summed E-state index contributed by atoms with van der Waals surface area (Å²) in [5.74, 6) is -4.16. The molecule has 1 atom stereocenters. The molecule has 0 aliphatic carbocycles. The highest BCUT2D eigenvalue weighted by atomic mass is 32.1. The van der Waals surface area contributed by atoms with Crippen LogP contribution in [-0.4, -0.2) is 39.7 Å². The Kier molecular flexibility index (Phi) is 9.81. The Morgan fingerprint density at radius 1 is 0.837 bits per heavy atom. The normalized spacial score (nSPS) is 11.8. The van der Waals surface area contributed by atoms with Crippen molar-refractivity contribution in [1.82, 2.24) is 4.98 Å². The van der Waals surface area contributed by atoms with E-state index in [1.807, 2.05) is 12.1 Å². The molecular weight excluding hydrogens is 578 g/mol. The summed E-state index contributed by atoms with van der Waals surface area (Å²) in [4.78, 5) is 58.7. The lowest BCUT2D eigenvalue weighted by molar-refractivity contribution is -0.162. The molecule has 12 nitrogen and oxygen atoms in total. The second kappa shape index (κ2) is 13.9. The number of ether oxygens (including phenoxy) is 3. The van der Waals surface area contributed by atoms with E-state index in [0.29, 0.717) is 11.1 Å². The van der Waals surface area contributed by atoms with Crippen LogP contribution >= 0.6 is 11.3 Å². The topological polar surface area (TPSA) is 177 Å². The van der Waals surface area contributed by atoms with Gasteiger partial charge in [0.1, 0.15) is 5.69 Å². The third kappa shape index (κ3) is 8.01. The first-order chi connectivity index (χ1) is 20.6. The molecule has 0 aliphatic heterocycles. The van der Waals surface area contributed by atoms with E-state index in [-0.39, 0.29) is 27.9 Å². The molecular formula is C30H25N3O9S. The maximum Gasteiger partial charge on any atom is 0.360 e. The standard InChI is InChI=1S/C30H25N3O9S/c1-17(34)39-23-14-13-21(15-24(23)40-18(2)35)27(42-33-25(28(36)37)22-16-43-30(31)32-22)29(38)41-26(19-9-5-3-6-10-19)20-11-7-4-8-12-20/h3-16,26-27H,1-2H3,(H2,31,32)(H,36,37)/b33-25-. The zero-order valence-corrected chi connectivity index (χ0v) is 23.6. The summed E-state index contributed by atoms with van der Waals surface area (Å²) in [7, 11) is 0. The second-order valence-electron chi connectivity index (χ2n) is 8.83. The highest BCUT2D eigenvalue weighted by Gasteiger charge is 2.31. The van der Waals surface area contributed by atoms with Crippen LogP contribution < -0.4 is 15.2 Å². The molecule has 0 amide bonds. The van der Waals surface area contributed by atoms with E-state index in [1.165, 1.54) is 23.6 Å². The Morgan fingerprint density at radius 3 is 1.93 bits per heavy atom. The van der Waals surface area contributed by atoms with Gasteiger partial charge >= 0.3 is 23.9 Å². The zero-order chi connectivity index (χ0) is 30.9. The van der Waals surface area contributed by atoms with Gasteiger partial charge in [-0.1, -0.05) is 71.9 Å². The van der Waals surface area contributed by atoms with Crippen LogP contribution in [0, 0.1) is 0 Å². The number of aromatic nitrogens is 1. The van der Waals surface area contributed by atoms with Crippen molar-refractivity contribution < 1.29 is 43.3 Å². The maximum absolute atomic E-state index is 13.8. The van der Waals surface area contributed by atoms with Crippen LogP contribution in [0.15, 0.2) is 89.4 Å². The quantitative estimate of drug-likeness (QED) is 0.107. The molecule has 43 heavy (non-hydrogen) atoms. The van der Waals surface area contributed by atoms with E-state index in [1.54, 1.807) is 48.5 Å². The molecule has 0 radical (unpaired) electrons. The molecule has 0 bridgehead atoms. The molecule has 13 heteroatoms. The van der Waals surface area contributed by atoms with Crippen LogP contribution in [0.4, 0.5) is 5.13 Å². The number of oxime groups is 1. The van der Waals surface area contributed by atoms with Crippen LogP contribution in [0.3, 0.4) is 0 Å². The number of thiazole rings is 1. The number of hydrogen-bond acceptors (Lipinski definition) is 12. The molecule has 220 valence electrons. The van der Waals surface area contributed by atoms with Gasteiger partial charge in [-0.25, -0.2) is 14.6 Å². The third-order valence-electron chi connectivity index (χ3n) is 5.65. The van der Waals surface area contributed by atoms with E-state index in [4.69, 9.17) is 24.8 Å². The Labute approximate surface area is 249 Å². The summed E-state index contributed by atoms with van der Waals surface area (Å²) in [5.41, 5.74) is 6.29. The van der Waals surface area contributed by atoms with E-state index >= 15 is 0 Å². The molecule has 1 aromatic heterocycles. The van der Waals surface area contributed by atoms with Crippen molar-refractivity contribution >= 4 is 46.1 Å². The highest BCUT2D eigenvalue weighted by Crippen LogP contribution is 2.35. The number of rotatable bonds is 11. The largest absolute Gasteiger partial charge is 0.476 e. The van der Waals surface area contributed by atoms with Crippen LogP contribution in [0.2, 0.25) is 0 Å². The lowest BCUT2D eigenvalue weighted by atomic mass is 10.0. The minimum Gasteiger partial charge on any atom is -0.476 e. The number of carboxylic acids is 1. The Hall–Kier alpha value is -5.56. The van der Waals surface area contributed by atoms with Crippen molar-refractivity contribution in [3.05, 3.63) is 107 Å². The second-order valence-corrected chi connectivity index (χ2v) is 9.72. The molecule has 0 fully saturated rings. The average molecular weight is 604 g/mol. The lowest BCUT2D eigenvalue weighted by Gasteiger charge is -2.22. The number of anilines is 1. The first-order valence-electron chi connectivity index (χ1n) is 12.6. The number of carbonyl (C=O) groups is 4. The van der Waals surface area contributed by atoms with Gasteiger partial charge in [-0.15, -0.1) is 11.3 Å². The SMILES string of the molecule is CC(=O)Oc1ccc(C(O/N=C(\C(=O)O)c2csc(N)n2)C(=O)OC(c2ccccc2)c2ccccc2)cc1OC(C)=O. The molecule has 1 unspecified atom stereocenters. The number of nitrogens with two attached hydrogens (primary N) is 1. The molecule has 0 saturated heterocycles. The summed E-state index contributed by atoms with van der Waals surface area (Å²) >= 11 is 0.990. The molecule has 3 N–H and O–H groups in total. The fourth-order valence-corrected chi connectivity index (χ4v) is 4.41. The van der Waals surface area contributed by atoms with Gasteiger partial charge in [0.2, 0.25) is 11.8 Å². The van der Waals surface area contributed by atoms with E-state index < -0.39 is 41.8 Å². The fourth-order valence-electron chi connectivity index (χ4n) is 3.86. The monoisotopic (exact) mass is 603 g/mol. The van der Waals surface area contributed by atoms with Gasteiger partial charge in [0.15, 0.2) is 22.7 Å². The summed E-state index contributed by atoms with van der Waals surface area (Å²) in [6.45, 7) is 2.30. The van der Waals surface area contributed by atoms with Gasteiger partial charge in [-0.05, 0) is 23.3 Å². The molecule has 3 aromatic carbocycles. The fraction of sp³-hybridized carbons (Fsp3) is 0.133. The lowest BCUT2D eigenvalue weighted by Crippen LogP contribution is -2.23. The first-order valence-corrected chi connectivity index (χ1v) is 13.5. The van der Waals surface area contributed by atoms with Gasteiger partial charge in [0, 0.05) is 24.8 Å². The van der Waals surface area contributed by atoms with Crippen molar-refractivity contribution in [2.24, 2.45) is 5.16 Å². The van der Waals surface area contributed by atoms with Crippen LogP contribution in [0.25, 0.3) is 0 Å². The molecule has 0 saturated carbocycles. The number of nitrogen functional groups attached to an aromatic ring is 1. The van der Waals surface area contributed by atoms with Crippen molar-refractivity contribution in [1.29, 1.82) is 0 Å². The Bertz CT molecular complexity index is 1620. The minimum atomic E-state index is -1.68. The Morgan fingerprint density at radius 2 is 1.42 bits per heavy atom. The van der Waals surface area contributed by atoms with Crippen molar-refractivity contribution in [3.8, 4) is 11.5 Å². The first kappa shape index (κ1) is 30.4. The number of hydrogen-bond donors (Lipinski definition) is 2.